The molecule has 2 bridgehead atoms. The molecule has 2 N–H and O–H groups in total. The highest BCUT2D eigenvalue weighted by atomic mass is 16.6. The summed E-state index contributed by atoms with van der Waals surface area (Å²) in [4.78, 5) is 13.6. The number of nitrogens with zero attached hydrogens (tertiary/aromatic N) is 1. The number of nitrogens with two attached hydrogens (primary N) is 1. The molecule has 3 saturated carbocycles. The van der Waals surface area contributed by atoms with E-state index in [2.05, 4.69) is 0 Å². The average molecular weight is 238 g/mol. The smallest absolute Gasteiger partial charge is 0.410 e. The summed E-state index contributed by atoms with van der Waals surface area (Å²) in [6.45, 7) is 7.44. The van der Waals surface area contributed by atoms with E-state index < -0.39 is 0 Å². The molecular weight excluding hydrogens is 216 g/mol. The zero-order valence-corrected chi connectivity index (χ0v) is 11.0. The highest BCUT2D eigenvalue weighted by Gasteiger charge is 2.70. The van der Waals surface area contributed by atoms with Crippen LogP contribution in [0.3, 0.4) is 0 Å². The standard InChI is InChI=1S/C13H22N2O2/c1-11(2,3)17-10(16)15-4-9(5-15)12-6-13(14,7-12)8-12/h9H,4-8,14H2,1-3H3. The quantitative estimate of drug-likeness (QED) is 0.757. The summed E-state index contributed by atoms with van der Waals surface area (Å²) in [6.07, 6.45) is 3.36. The summed E-state index contributed by atoms with van der Waals surface area (Å²) < 4.78 is 5.35. The van der Waals surface area contributed by atoms with Crippen molar-refractivity contribution in [3.63, 3.8) is 0 Å². The maximum Gasteiger partial charge on any atom is 0.410 e. The number of carbonyl (C=O) groups is 1. The zero-order chi connectivity index (χ0) is 12.5. The predicted molar refractivity (Wildman–Crippen MR) is 64.5 cm³/mol. The Hall–Kier alpha value is -0.770. The zero-order valence-electron chi connectivity index (χ0n) is 11.0. The van der Waals surface area contributed by atoms with Crippen LogP contribution < -0.4 is 5.73 Å². The largest absolute Gasteiger partial charge is 0.444 e. The first-order valence-electron chi connectivity index (χ1n) is 6.48. The van der Waals surface area contributed by atoms with E-state index in [1.807, 2.05) is 25.7 Å². The fourth-order valence-corrected chi connectivity index (χ4v) is 3.72. The molecule has 3 aliphatic carbocycles. The lowest BCUT2D eigenvalue weighted by atomic mass is 9.35. The summed E-state index contributed by atoms with van der Waals surface area (Å²) in [5.41, 5.74) is 6.34. The van der Waals surface area contributed by atoms with Gasteiger partial charge in [0.15, 0.2) is 0 Å². The minimum atomic E-state index is -0.389. The lowest BCUT2D eigenvalue weighted by Crippen LogP contribution is -2.78. The Balaban J connectivity index is 1.48. The van der Waals surface area contributed by atoms with E-state index in [4.69, 9.17) is 10.5 Å². The third-order valence-electron chi connectivity index (χ3n) is 4.51. The van der Waals surface area contributed by atoms with Gasteiger partial charge in [-0.15, -0.1) is 0 Å². The second-order valence-corrected chi connectivity index (χ2v) is 7.34. The maximum absolute atomic E-state index is 11.8. The molecule has 0 radical (unpaired) electrons. The first-order chi connectivity index (χ1) is 7.72. The van der Waals surface area contributed by atoms with Crippen LogP contribution in [0.25, 0.3) is 0 Å². The van der Waals surface area contributed by atoms with Crippen LogP contribution in [0.1, 0.15) is 40.0 Å². The van der Waals surface area contributed by atoms with Crippen molar-refractivity contribution in [3.05, 3.63) is 0 Å². The second kappa shape index (κ2) is 2.97. The van der Waals surface area contributed by atoms with Crippen LogP contribution in [0.4, 0.5) is 4.79 Å². The topological polar surface area (TPSA) is 55.6 Å². The minimum Gasteiger partial charge on any atom is -0.444 e. The summed E-state index contributed by atoms with van der Waals surface area (Å²) in [7, 11) is 0. The van der Waals surface area contributed by atoms with Crippen molar-refractivity contribution < 1.29 is 9.53 Å². The van der Waals surface area contributed by atoms with E-state index >= 15 is 0 Å². The second-order valence-electron chi connectivity index (χ2n) is 7.34. The van der Waals surface area contributed by atoms with Gasteiger partial charge in [0.2, 0.25) is 0 Å². The number of amides is 1. The molecule has 4 heteroatoms. The van der Waals surface area contributed by atoms with Crippen molar-refractivity contribution in [2.45, 2.75) is 51.2 Å². The number of hydrogen-bond acceptors (Lipinski definition) is 3. The summed E-state index contributed by atoms with van der Waals surface area (Å²) >= 11 is 0. The molecule has 1 heterocycles. The van der Waals surface area contributed by atoms with Gasteiger partial charge in [-0.1, -0.05) is 0 Å². The number of hydrogen-bond donors (Lipinski definition) is 1. The van der Waals surface area contributed by atoms with Crippen molar-refractivity contribution in [1.82, 2.24) is 4.90 Å². The molecule has 1 amide bonds. The van der Waals surface area contributed by atoms with Gasteiger partial charge < -0.3 is 15.4 Å². The Morgan fingerprint density at radius 2 is 1.82 bits per heavy atom. The van der Waals surface area contributed by atoms with Gasteiger partial charge in [0.05, 0.1) is 0 Å². The average Bonchev–Trinajstić information content (AvgIpc) is 1.91. The molecule has 4 aliphatic rings. The van der Waals surface area contributed by atoms with Gasteiger partial charge in [0, 0.05) is 24.5 Å². The molecule has 0 aromatic carbocycles. The van der Waals surface area contributed by atoms with Gasteiger partial charge in [-0.3, -0.25) is 0 Å². The van der Waals surface area contributed by atoms with Gasteiger partial charge in [-0.25, -0.2) is 4.79 Å². The fourth-order valence-electron chi connectivity index (χ4n) is 3.72. The first kappa shape index (κ1) is 11.3. The SMILES string of the molecule is CC(C)(C)OC(=O)N1CC(C23CC(N)(C2)C3)C1. The van der Waals surface area contributed by atoms with Gasteiger partial charge >= 0.3 is 6.09 Å². The van der Waals surface area contributed by atoms with Gasteiger partial charge in [-0.2, -0.15) is 0 Å². The molecule has 1 saturated heterocycles. The molecule has 4 rings (SSSR count). The van der Waals surface area contributed by atoms with Gasteiger partial charge in [-0.05, 0) is 45.4 Å². The van der Waals surface area contributed by atoms with E-state index in [1.54, 1.807) is 0 Å². The third-order valence-corrected chi connectivity index (χ3v) is 4.51. The Labute approximate surface area is 102 Å². The third kappa shape index (κ3) is 1.65. The Bertz CT molecular complexity index is 346. The van der Waals surface area contributed by atoms with Crippen molar-refractivity contribution in [1.29, 1.82) is 0 Å². The molecule has 0 spiro atoms. The van der Waals surface area contributed by atoms with Crippen molar-refractivity contribution in [2.75, 3.05) is 13.1 Å². The number of ether oxygens (including phenoxy) is 1. The molecule has 0 atom stereocenters. The van der Waals surface area contributed by atoms with Crippen LogP contribution in [0.2, 0.25) is 0 Å². The van der Waals surface area contributed by atoms with Crippen molar-refractivity contribution in [3.8, 4) is 0 Å². The molecular formula is C13H22N2O2. The number of likely N-dealkylation sites (tertiary alicyclic amines) is 1. The number of rotatable bonds is 1. The molecule has 1 aliphatic heterocycles. The fraction of sp³-hybridized carbons (Fsp3) is 0.923. The van der Waals surface area contributed by atoms with Crippen LogP contribution >= 0.6 is 0 Å². The lowest BCUT2D eigenvalue weighted by Gasteiger charge is -2.74. The Kier molecular flexibility index (Phi) is 1.98. The molecule has 4 fully saturated rings. The van der Waals surface area contributed by atoms with Gasteiger partial charge in [0.1, 0.15) is 5.60 Å². The van der Waals surface area contributed by atoms with Gasteiger partial charge in [0.25, 0.3) is 0 Å². The van der Waals surface area contributed by atoms with Crippen LogP contribution in [0, 0.1) is 11.3 Å². The van der Waals surface area contributed by atoms with E-state index in [-0.39, 0.29) is 17.2 Å². The lowest BCUT2D eigenvalue weighted by molar-refractivity contribution is -0.200. The molecule has 4 nitrogen and oxygen atoms in total. The van der Waals surface area contributed by atoms with E-state index in [9.17, 15) is 4.79 Å². The van der Waals surface area contributed by atoms with Crippen LogP contribution in [0.5, 0.6) is 0 Å². The minimum absolute atomic E-state index is 0.164. The Morgan fingerprint density at radius 1 is 1.29 bits per heavy atom. The molecule has 96 valence electrons. The van der Waals surface area contributed by atoms with E-state index in [0.29, 0.717) is 11.3 Å². The monoisotopic (exact) mass is 238 g/mol. The molecule has 0 unspecified atom stereocenters. The highest BCUT2D eigenvalue weighted by Crippen LogP contribution is 2.70. The number of carbonyl (C=O) groups excluding carboxylic acids is 1. The molecule has 0 aromatic heterocycles. The summed E-state index contributed by atoms with van der Waals surface area (Å²) in [5, 5.41) is 0. The maximum atomic E-state index is 11.8. The van der Waals surface area contributed by atoms with Crippen LogP contribution in [-0.4, -0.2) is 35.2 Å². The molecule has 17 heavy (non-hydrogen) atoms. The Morgan fingerprint density at radius 3 is 2.24 bits per heavy atom. The van der Waals surface area contributed by atoms with E-state index in [1.165, 1.54) is 19.3 Å². The molecule has 0 aromatic rings. The summed E-state index contributed by atoms with van der Waals surface area (Å²) in [6, 6.07) is 0. The summed E-state index contributed by atoms with van der Waals surface area (Å²) in [5.74, 6) is 0.667. The van der Waals surface area contributed by atoms with Crippen LogP contribution in [-0.2, 0) is 4.74 Å². The van der Waals surface area contributed by atoms with E-state index in [0.717, 1.165) is 13.1 Å². The normalized spacial score (nSPS) is 40.1. The van der Waals surface area contributed by atoms with Crippen molar-refractivity contribution >= 4 is 6.09 Å². The van der Waals surface area contributed by atoms with Crippen molar-refractivity contribution in [2.24, 2.45) is 17.1 Å². The first-order valence-corrected chi connectivity index (χ1v) is 6.48. The van der Waals surface area contributed by atoms with Crippen LogP contribution in [0.15, 0.2) is 0 Å². The predicted octanol–water partition coefficient (Wildman–Crippen LogP) is 1.73. The highest BCUT2D eigenvalue weighted by molar-refractivity contribution is 5.69.